The molecular weight excluding hydrogens is 106 g/mol. The Hall–Kier alpha value is -0.570. The summed E-state index contributed by atoms with van der Waals surface area (Å²) in [6.45, 7) is 3.73. The molecule has 1 amide bonds. The van der Waals surface area contributed by atoms with E-state index in [1.54, 1.807) is 0 Å². The quantitative estimate of drug-likeness (QED) is 0.561. The Morgan fingerprint density at radius 1 is 1.75 bits per heavy atom. The molecule has 0 unspecified atom stereocenters. The van der Waals surface area contributed by atoms with Gasteiger partial charge < -0.3 is 10.5 Å². The van der Waals surface area contributed by atoms with E-state index in [1.807, 2.05) is 13.8 Å². The third kappa shape index (κ3) is 5.43. The average molecular weight is 117 g/mol. The topological polar surface area (TPSA) is 52.3 Å². The van der Waals surface area contributed by atoms with Gasteiger partial charge >= 0.3 is 0 Å². The number of carbonyl (C=O) groups excluding carboxylic acids is 1. The molecule has 0 atom stereocenters. The Bertz CT molecular complexity index is 80.5. The summed E-state index contributed by atoms with van der Waals surface area (Å²) in [6, 6.07) is 0. The molecule has 0 heterocycles. The summed E-state index contributed by atoms with van der Waals surface area (Å²) in [5.74, 6) is -0.418. The van der Waals surface area contributed by atoms with Crippen molar-refractivity contribution in [1.82, 2.24) is 0 Å². The van der Waals surface area contributed by atoms with Gasteiger partial charge in [0.1, 0.15) is 6.61 Å². The number of nitrogens with two attached hydrogens (primary N) is 1. The van der Waals surface area contributed by atoms with E-state index in [0.717, 1.165) is 0 Å². The van der Waals surface area contributed by atoms with Gasteiger partial charge in [-0.3, -0.25) is 4.79 Å². The molecule has 0 aromatic heterocycles. The molecule has 0 fully saturated rings. The van der Waals surface area contributed by atoms with Crippen LogP contribution < -0.4 is 5.73 Å². The molecule has 0 aromatic carbocycles. The van der Waals surface area contributed by atoms with E-state index in [4.69, 9.17) is 10.5 Å². The van der Waals surface area contributed by atoms with Crippen molar-refractivity contribution in [2.24, 2.45) is 5.73 Å². The lowest BCUT2D eigenvalue weighted by atomic mass is 10.5. The van der Waals surface area contributed by atoms with Crippen molar-refractivity contribution in [3.8, 4) is 0 Å². The summed E-state index contributed by atoms with van der Waals surface area (Å²) in [7, 11) is 0. The molecule has 3 nitrogen and oxygen atoms in total. The first kappa shape index (κ1) is 7.43. The largest absolute Gasteiger partial charge is 0.369 e. The summed E-state index contributed by atoms with van der Waals surface area (Å²) in [5, 5.41) is 0. The monoisotopic (exact) mass is 117 g/mol. The van der Waals surface area contributed by atoms with Crippen LogP contribution in [0.4, 0.5) is 0 Å². The minimum atomic E-state index is -0.418. The summed E-state index contributed by atoms with van der Waals surface area (Å²) in [6.07, 6.45) is 0.0856. The lowest BCUT2D eigenvalue weighted by molar-refractivity contribution is -0.123. The van der Waals surface area contributed by atoms with Gasteiger partial charge in [0, 0.05) is 0 Å². The summed E-state index contributed by atoms with van der Waals surface area (Å²) in [4.78, 5) is 10.0. The van der Waals surface area contributed by atoms with E-state index in [2.05, 4.69) is 0 Å². The molecule has 0 saturated heterocycles. The highest BCUT2D eigenvalue weighted by Crippen LogP contribution is 1.84. The van der Waals surface area contributed by atoms with Gasteiger partial charge in [0.2, 0.25) is 5.91 Å². The van der Waals surface area contributed by atoms with Crippen molar-refractivity contribution < 1.29 is 9.53 Å². The van der Waals surface area contributed by atoms with Crippen LogP contribution in [0.2, 0.25) is 0 Å². The first-order valence-electron chi connectivity index (χ1n) is 2.53. The van der Waals surface area contributed by atoms with Gasteiger partial charge in [-0.2, -0.15) is 0 Å². The van der Waals surface area contributed by atoms with Gasteiger partial charge in [-0.05, 0) is 13.8 Å². The van der Waals surface area contributed by atoms with Crippen LogP contribution in [0.3, 0.4) is 0 Å². The Balaban J connectivity index is 3.05. The molecule has 0 aliphatic heterocycles. The number of primary amides is 1. The van der Waals surface area contributed by atoms with Crippen LogP contribution in [0.1, 0.15) is 13.8 Å². The van der Waals surface area contributed by atoms with Crippen molar-refractivity contribution in [2.75, 3.05) is 6.61 Å². The molecule has 0 bridgehead atoms. The van der Waals surface area contributed by atoms with E-state index >= 15 is 0 Å². The zero-order valence-corrected chi connectivity index (χ0v) is 5.18. The van der Waals surface area contributed by atoms with Gasteiger partial charge in [-0.15, -0.1) is 0 Å². The highest BCUT2D eigenvalue weighted by atomic mass is 16.5. The standard InChI is InChI=1S/C5H11NO2/c1-4(2)8-3-5(6)7/h4H,3H2,1-2H3,(H2,6,7). The van der Waals surface area contributed by atoms with E-state index < -0.39 is 5.91 Å². The van der Waals surface area contributed by atoms with E-state index in [0.29, 0.717) is 0 Å². The van der Waals surface area contributed by atoms with Crippen molar-refractivity contribution in [3.05, 3.63) is 0 Å². The molecule has 2 N–H and O–H groups in total. The molecule has 0 rings (SSSR count). The molecule has 0 spiro atoms. The van der Waals surface area contributed by atoms with E-state index in [1.165, 1.54) is 0 Å². The van der Waals surface area contributed by atoms with Crippen molar-refractivity contribution >= 4 is 5.91 Å². The minimum absolute atomic E-state index is 0.0255. The van der Waals surface area contributed by atoms with Crippen LogP contribution in [-0.4, -0.2) is 18.6 Å². The molecule has 48 valence electrons. The maximum absolute atomic E-state index is 10.0. The predicted molar refractivity (Wildman–Crippen MR) is 30.3 cm³/mol. The maximum atomic E-state index is 10.0. The number of rotatable bonds is 3. The zero-order chi connectivity index (χ0) is 6.57. The molecule has 3 heteroatoms. The number of hydrogen-bond acceptors (Lipinski definition) is 2. The second-order valence-electron chi connectivity index (χ2n) is 1.83. The van der Waals surface area contributed by atoms with E-state index in [9.17, 15) is 4.79 Å². The van der Waals surface area contributed by atoms with Crippen LogP contribution in [0.15, 0.2) is 0 Å². The van der Waals surface area contributed by atoms with Crippen LogP contribution in [0.25, 0.3) is 0 Å². The SMILES string of the molecule is CC(C)OCC(N)=O. The second-order valence-corrected chi connectivity index (χ2v) is 1.83. The van der Waals surface area contributed by atoms with Gasteiger partial charge in [0.15, 0.2) is 0 Å². The normalized spacial score (nSPS) is 9.88. The zero-order valence-electron chi connectivity index (χ0n) is 5.18. The lowest BCUT2D eigenvalue weighted by Gasteiger charge is -2.02. The number of amides is 1. The smallest absolute Gasteiger partial charge is 0.243 e. The third-order valence-electron chi connectivity index (χ3n) is 0.559. The highest BCUT2D eigenvalue weighted by molar-refractivity contribution is 5.74. The maximum Gasteiger partial charge on any atom is 0.243 e. The van der Waals surface area contributed by atoms with Gasteiger partial charge in [0.25, 0.3) is 0 Å². The molecule has 0 aromatic rings. The fraction of sp³-hybridized carbons (Fsp3) is 0.800. The molecule has 0 saturated carbocycles. The molecule has 8 heavy (non-hydrogen) atoms. The molecule has 0 aliphatic rings. The predicted octanol–water partition coefficient (Wildman–Crippen LogP) is -0.103. The minimum Gasteiger partial charge on any atom is -0.369 e. The Morgan fingerprint density at radius 3 is 2.38 bits per heavy atom. The van der Waals surface area contributed by atoms with Crippen molar-refractivity contribution in [3.63, 3.8) is 0 Å². The average Bonchev–Trinajstić information content (AvgIpc) is 1.61. The van der Waals surface area contributed by atoms with Crippen LogP contribution in [-0.2, 0) is 9.53 Å². The third-order valence-corrected chi connectivity index (χ3v) is 0.559. The Kier molecular flexibility index (Phi) is 3.19. The number of carbonyl (C=O) groups is 1. The fourth-order valence-corrected chi connectivity index (χ4v) is 0.249. The van der Waals surface area contributed by atoms with Crippen LogP contribution in [0, 0.1) is 0 Å². The van der Waals surface area contributed by atoms with Crippen molar-refractivity contribution in [2.45, 2.75) is 20.0 Å². The van der Waals surface area contributed by atoms with Gasteiger partial charge in [-0.25, -0.2) is 0 Å². The summed E-state index contributed by atoms with van der Waals surface area (Å²) < 4.78 is 4.83. The molecular formula is C5H11NO2. The van der Waals surface area contributed by atoms with Gasteiger partial charge in [-0.1, -0.05) is 0 Å². The van der Waals surface area contributed by atoms with E-state index in [-0.39, 0.29) is 12.7 Å². The summed E-state index contributed by atoms with van der Waals surface area (Å²) in [5.41, 5.74) is 4.78. The summed E-state index contributed by atoms with van der Waals surface area (Å²) >= 11 is 0. The second kappa shape index (κ2) is 3.43. The van der Waals surface area contributed by atoms with Crippen LogP contribution in [0.5, 0.6) is 0 Å². The van der Waals surface area contributed by atoms with Gasteiger partial charge in [0.05, 0.1) is 6.10 Å². The lowest BCUT2D eigenvalue weighted by Crippen LogP contribution is -2.20. The molecule has 0 radical (unpaired) electrons. The highest BCUT2D eigenvalue weighted by Gasteiger charge is 1.95. The fourth-order valence-electron chi connectivity index (χ4n) is 0.249. The van der Waals surface area contributed by atoms with Crippen molar-refractivity contribution in [1.29, 1.82) is 0 Å². The Morgan fingerprint density at radius 2 is 2.25 bits per heavy atom. The first-order valence-corrected chi connectivity index (χ1v) is 2.53. The number of ether oxygens (including phenoxy) is 1. The molecule has 0 aliphatic carbocycles. The Labute approximate surface area is 48.8 Å². The number of hydrogen-bond donors (Lipinski definition) is 1. The first-order chi connectivity index (χ1) is 3.63. The van der Waals surface area contributed by atoms with Crippen LogP contribution >= 0.6 is 0 Å².